The fraction of sp³-hybridized carbons (Fsp3) is 0.393. The van der Waals surface area contributed by atoms with Gasteiger partial charge in [-0.3, -0.25) is 0 Å². The smallest absolute Gasteiger partial charge is 0.410 e. The molecular formula is C28H32N6O4. The Morgan fingerprint density at radius 2 is 1.82 bits per heavy atom. The number of aryl methyl sites for hydroxylation is 2. The van der Waals surface area contributed by atoms with E-state index in [2.05, 4.69) is 15.2 Å². The van der Waals surface area contributed by atoms with Crippen molar-refractivity contribution in [3.63, 3.8) is 0 Å². The van der Waals surface area contributed by atoms with Crippen molar-refractivity contribution in [3.05, 3.63) is 59.8 Å². The van der Waals surface area contributed by atoms with Crippen molar-refractivity contribution in [1.29, 1.82) is 0 Å². The lowest BCUT2D eigenvalue weighted by atomic mass is 9.96. The van der Waals surface area contributed by atoms with Crippen molar-refractivity contribution < 1.29 is 19.0 Å². The number of benzene rings is 1. The maximum atomic E-state index is 12.2. The number of hydrogen-bond donors (Lipinski definition) is 0. The number of fused-ring (bicyclic) bond motifs is 1. The van der Waals surface area contributed by atoms with Crippen molar-refractivity contribution in [3.8, 4) is 28.3 Å². The van der Waals surface area contributed by atoms with E-state index in [1.165, 1.54) is 0 Å². The molecular weight excluding hydrogens is 484 g/mol. The van der Waals surface area contributed by atoms with Gasteiger partial charge in [-0.2, -0.15) is 10.2 Å². The second-order valence-electron chi connectivity index (χ2n) is 10.5. The second kappa shape index (κ2) is 10.0. The molecule has 5 rings (SSSR count). The maximum Gasteiger partial charge on any atom is 0.410 e. The number of ether oxygens (including phenoxy) is 3. The minimum Gasteiger partial charge on any atom is -0.467 e. The standard InChI is InChI=1S/C28H32N6O4/c1-17-12-33-15-24(30-18(2)26(33)29-17)19-7-8-21(25(11-19)37-16-36-6)23-10-9-22(31-32-23)20-13-34(14-20)27(35)38-28(3,4)5/h7-12,15,20H,13-14,16H2,1-6H3. The molecule has 0 saturated carbocycles. The summed E-state index contributed by atoms with van der Waals surface area (Å²) < 4.78 is 18.5. The summed E-state index contributed by atoms with van der Waals surface area (Å²) in [6.07, 6.45) is 3.65. The highest BCUT2D eigenvalue weighted by atomic mass is 16.7. The minimum atomic E-state index is -0.512. The number of likely N-dealkylation sites (tertiary alicyclic amines) is 1. The molecule has 4 heterocycles. The molecule has 1 amide bonds. The Balaban J connectivity index is 1.36. The summed E-state index contributed by atoms with van der Waals surface area (Å²) in [5.74, 6) is 0.749. The molecule has 198 valence electrons. The lowest BCUT2D eigenvalue weighted by Crippen LogP contribution is -2.50. The van der Waals surface area contributed by atoms with Gasteiger partial charge in [0.1, 0.15) is 11.4 Å². The molecule has 0 spiro atoms. The summed E-state index contributed by atoms with van der Waals surface area (Å²) in [6, 6.07) is 9.76. The Labute approximate surface area is 221 Å². The summed E-state index contributed by atoms with van der Waals surface area (Å²) in [7, 11) is 1.58. The molecule has 1 aliphatic rings. The quantitative estimate of drug-likeness (QED) is 0.337. The zero-order chi connectivity index (χ0) is 27.0. The lowest BCUT2D eigenvalue weighted by molar-refractivity contribution is 0.00780. The van der Waals surface area contributed by atoms with Crippen LogP contribution in [-0.2, 0) is 9.47 Å². The van der Waals surface area contributed by atoms with Gasteiger partial charge in [0, 0.05) is 49.6 Å². The zero-order valence-corrected chi connectivity index (χ0v) is 22.6. The number of carbonyl (C=O) groups is 1. The van der Waals surface area contributed by atoms with Crippen LogP contribution in [0.15, 0.2) is 42.7 Å². The third-order valence-electron chi connectivity index (χ3n) is 6.25. The van der Waals surface area contributed by atoms with E-state index in [0.29, 0.717) is 24.5 Å². The molecule has 3 aromatic heterocycles. The van der Waals surface area contributed by atoms with E-state index in [1.54, 1.807) is 12.0 Å². The van der Waals surface area contributed by atoms with Gasteiger partial charge in [-0.05, 0) is 58.9 Å². The van der Waals surface area contributed by atoms with Gasteiger partial charge in [0.25, 0.3) is 0 Å². The van der Waals surface area contributed by atoms with Gasteiger partial charge in [0.15, 0.2) is 12.4 Å². The number of amides is 1. The molecule has 10 heteroatoms. The van der Waals surface area contributed by atoms with Crippen LogP contribution in [-0.4, -0.2) is 68.2 Å². The van der Waals surface area contributed by atoms with Gasteiger partial charge >= 0.3 is 6.09 Å². The predicted octanol–water partition coefficient (Wildman–Crippen LogP) is 4.79. The Bertz CT molecular complexity index is 1470. The molecule has 0 N–H and O–H groups in total. The number of hydrogen-bond acceptors (Lipinski definition) is 8. The average molecular weight is 517 g/mol. The zero-order valence-electron chi connectivity index (χ0n) is 22.6. The predicted molar refractivity (Wildman–Crippen MR) is 142 cm³/mol. The summed E-state index contributed by atoms with van der Waals surface area (Å²) in [5.41, 5.74) is 6.14. The maximum absolute atomic E-state index is 12.2. The molecule has 1 aromatic carbocycles. The van der Waals surface area contributed by atoms with E-state index < -0.39 is 5.60 Å². The van der Waals surface area contributed by atoms with Crippen LogP contribution in [0.25, 0.3) is 28.2 Å². The molecule has 0 bridgehead atoms. The van der Waals surface area contributed by atoms with Gasteiger partial charge in [-0.25, -0.2) is 14.8 Å². The van der Waals surface area contributed by atoms with Crippen LogP contribution in [0.2, 0.25) is 0 Å². The van der Waals surface area contributed by atoms with Crippen LogP contribution >= 0.6 is 0 Å². The van der Waals surface area contributed by atoms with Crippen LogP contribution in [0.1, 0.15) is 43.8 Å². The molecule has 4 aromatic rings. The highest BCUT2D eigenvalue weighted by Gasteiger charge is 2.35. The fourth-order valence-electron chi connectivity index (χ4n) is 4.39. The van der Waals surface area contributed by atoms with E-state index in [4.69, 9.17) is 19.2 Å². The first-order valence-electron chi connectivity index (χ1n) is 12.5. The van der Waals surface area contributed by atoms with E-state index in [9.17, 15) is 4.79 Å². The van der Waals surface area contributed by atoms with Gasteiger partial charge < -0.3 is 23.5 Å². The molecule has 1 saturated heterocycles. The van der Waals surface area contributed by atoms with Crippen LogP contribution in [0.3, 0.4) is 0 Å². The van der Waals surface area contributed by atoms with Gasteiger partial charge in [-0.15, -0.1) is 0 Å². The highest BCUT2D eigenvalue weighted by molar-refractivity contribution is 5.74. The third kappa shape index (κ3) is 5.31. The normalized spacial score (nSPS) is 14.0. The number of carbonyl (C=O) groups excluding carboxylic acids is 1. The SMILES string of the molecule is COCOc1cc(-c2cn3cc(C)nc3c(C)n2)ccc1-c1ccc(C2CN(C(=O)OC(C)(C)C)C2)nn1. The second-order valence-corrected chi connectivity index (χ2v) is 10.5. The van der Waals surface area contributed by atoms with Crippen LogP contribution < -0.4 is 4.74 Å². The lowest BCUT2D eigenvalue weighted by Gasteiger charge is -2.39. The summed E-state index contributed by atoms with van der Waals surface area (Å²) in [5, 5.41) is 8.93. The van der Waals surface area contributed by atoms with E-state index >= 15 is 0 Å². The summed E-state index contributed by atoms with van der Waals surface area (Å²) in [4.78, 5) is 23.2. The Kier molecular flexibility index (Phi) is 6.75. The molecule has 0 radical (unpaired) electrons. The number of rotatable bonds is 6. The van der Waals surface area contributed by atoms with Gasteiger partial charge in [0.2, 0.25) is 0 Å². The minimum absolute atomic E-state index is 0.0940. The molecule has 1 fully saturated rings. The van der Waals surface area contributed by atoms with Crippen LogP contribution in [0.4, 0.5) is 4.79 Å². The Morgan fingerprint density at radius 3 is 2.50 bits per heavy atom. The molecule has 0 aliphatic carbocycles. The van der Waals surface area contributed by atoms with Crippen molar-refractivity contribution in [2.75, 3.05) is 27.0 Å². The molecule has 1 aliphatic heterocycles. The Morgan fingerprint density at radius 1 is 1.03 bits per heavy atom. The van der Waals surface area contributed by atoms with Gasteiger partial charge in [-0.1, -0.05) is 6.07 Å². The largest absolute Gasteiger partial charge is 0.467 e. The van der Waals surface area contributed by atoms with Gasteiger partial charge in [0.05, 0.1) is 28.5 Å². The number of imidazole rings is 1. The molecule has 10 nitrogen and oxygen atoms in total. The van der Waals surface area contributed by atoms with E-state index in [0.717, 1.165) is 39.5 Å². The van der Waals surface area contributed by atoms with Crippen LogP contribution in [0.5, 0.6) is 5.75 Å². The average Bonchev–Trinajstić information content (AvgIpc) is 3.22. The van der Waals surface area contributed by atoms with Crippen molar-refractivity contribution in [2.45, 2.75) is 46.1 Å². The van der Waals surface area contributed by atoms with Crippen LogP contribution in [0, 0.1) is 13.8 Å². The fourth-order valence-corrected chi connectivity index (χ4v) is 4.39. The monoisotopic (exact) mass is 516 g/mol. The first kappa shape index (κ1) is 25.6. The highest BCUT2D eigenvalue weighted by Crippen LogP contribution is 2.34. The first-order chi connectivity index (χ1) is 18.1. The topological polar surface area (TPSA) is 104 Å². The van der Waals surface area contributed by atoms with Crippen molar-refractivity contribution >= 4 is 11.7 Å². The number of aromatic nitrogens is 5. The van der Waals surface area contributed by atoms with Crippen molar-refractivity contribution in [1.82, 2.24) is 29.5 Å². The molecule has 0 atom stereocenters. The Hall–Kier alpha value is -4.05. The molecule has 0 unspecified atom stereocenters. The van der Waals surface area contributed by atoms with E-state index in [-0.39, 0.29) is 18.8 Å². The summed E-state index contributed by atoms with van der Waals surface area (Å²) >= 11 is 0. The number of methoxy groups -OCH3 is 1. The first-order valence-corrected chi connectivity index (χ1v) is 12.5. The van der Waals surface area contributed by atoms with E-state index in [1.807, 2.05) is 81.7 Å². The number of nitrogens with zero attached hydrogens (tertiary/aromatic N) is 6. The van der Waals surface area contributed by atoms with Crippen molar-refractivity contribution in [2.24, 2.45) is 0 Å². The summed E-state index contributed by atoms with van der Waals surface area (Å²) in [6.45, 7) is 10.7. The third-order valence-corrected chi connectivity index (χ3v) is 6.25. The molecule has 38 heavy (non-hydrogen) atoms.